The molecule has 0 amide bonds. The van der Waals surface area contributed by atoms with Crippen LogP contribution in [0.25, 0.3) is 10.9 Å². The average molecular weight is 321 g/mol. The van der Waals surface area contributed by atoms with E-state index in [0.29, 0.717) is 29.7 Å². The highest BCUT2D eigenvalue weighted by Gasteiger charge is 2.13. The van der Waals surface area contributed by atoms with Crippen molar-refractivity contribution < 1.29 is 8.42 Å². The second kappa shape index (κ2) is 5.71. The number of nitrogens with one attached hydrogen (secondary N) is 1. The van der Waals surface area contributed by atoms with E-state index in [4.69, 9.17) is 23.2 Å². The summed E-state index contributed by atoms with van der Waals surface area (Å²) in [4.78, 5) is 0. The minimum atomic E-state index is -3.14. The van der Waals surface area contributed by atoms with Crippen LogP contribution in [0.4, 0.5) is 0 Å². The highest BCUT2D eigenvalue weighted by Crippen LogP contribution is 2.34. The summed E-state index contributed by atoms with van der Waals surface area (Å²) in [6.45, 7) is 0.980. The van der Waals surface area contributed by atoms with Crippen molar-refractivity contribution >= 4 is 44.1 Å². The third-order valence-electron chi connectivity index (χ3n) is 2.77. The maximum Gasteiger partial charge on any atom is 0.208 e. The molecule has 0 fully saturated rings. The van der Waals surface area contributed by atoms with E-state index >= 15 is 0 Å². The lowest BCUT2D eigenvalue weighted by Gasteiger charge is -2.07. The summed E-state index contributed by atoms with van der Waals surface area (Å²) in [5.41, 5.74) is 0.955. The molecule has 2 rings (SSSR count). The van der Waals surface area contributed by atoms with Gasteiger partial charge in [0.05, 0.1) is 16.8 Å². The molecule has 1 N–H and O–H groups in total. The molecule has 1 aromatic carbocycles. The first-order chi connectivity index (χ1) is 8.90. The average Bonchev–Trinajstić information content (AvgIpc) is 2.58. The first-order valence-corrected chi connectivity index (χ1v) is 8.42. The number of hydrogen-bond acceptors (Lipinski definition) is 2. The van der Waals surface area contributed by atoms with Crippen molar-refractivity contribution in [3.8, 4) is 0 Å². The van der Waals surface area contributed by atoms with E-state index < -0.39 is 10.0 Å². The standard InChI is InChI=1S/C12H14Cl2N2O2S/c1-19(17,18)15-7-4-8-16-10-6-3-2-5-9(10)11(13)12(16)14/h2-3,5-6,15H,4,7-8H2,1H3. The topological polar surface area (TPSA) is 51.1 Å². The third kappa shape index (κ3) is 3.42. The summed E-state index contributed by atoms with van der Waals surface area (Å²) in [7, 11) is -3.14. The summed E-state index contributed by atoms with van der Waals surface area (Å²) in [6.07, 6.45) is 1.78. The van der Waals surface area contributed by atoms with Crippen LogP contribution >= 0.6 is 23.2 Å². The molecule has 0 spiro atoms. The van der Waals surface area contributed by atoms with Crippen LogP contribution < -0.4 is 4.72 Å². The fourth-order valence-electron chi connectivity index (χ4n) is 1.94. The number of hydrogen-bond donors (Lipinski definition) is 1. The van der Waals surface area contributed by atoms with Gasteiger partial charge in [0.1, 0.15) is 5.15 Å². The molecule has 1 heterocycles. The maximum atomic E-state index is 11.0. The Kier molecular flexibility index (Phi) is 4.40. The SMILES string of the molecule is CS(=O)(=O)NCCCn1c(Cl)c(Cl)c2ccccc21. The second-order valence-electron chi connectivity index (χ2n) is 4.29. The summed E-state index contributed by atoms with van der Waals surface area (Å²) in [5.74, 6) is 0. The van der Waals surface area contributed by atoms with Gasteiger partial charge in [-0.25, -0.2) is 13.1 Å². The van der Waals surface area contributed by atoms with E-state index in [1.165, 1.54) is 0 Å². The molecule has 4 nitrogen and oxygen atoms in total. The smallest absolute Gasteiger partial charge is 0.208 e. The van der Waals surface area contributed by atoms with Crippen LogP contribution in [-0.4, -0.2) is 25.8 Å². The number of rotatable bonds is 5. The Balaban J connectivity index is 2.15. The number of aromatic nitrogens is 1. The van der Waals surface area contributed by atoms with Crippen LogP contribution in [-0.2, 0) is 16.6 Å². The van der Waals surface area contributed by atoms with Crippen LogP contribution in [0.3, 0.4) is 0 Å². The normalized spacial score (nSPS) is 12.2. The maximum absolute atomic E-state index is 11.0. The van der Waals surface area contributed by atoms with Gasteiger partial charge in [-0.3, -0.25) is 0 Å². The molecule has 0 atom stereocenters. The summed E-state index contributed by atoms with van der Waals surface area (Å²) >= 11 is 12.4. The van der Waals surface area contributed by atoms with E-state index in [1.807, 2.05) is 28.8 Å². The second-order valence-corrected chi connectivity index (χ2v) is 6.86. The zero-order valence-corrected chi connectivity index (χ0v) is 12.7. The van der Waals surface area contributed by atoms with Crippen molar-refractivity contribution in [2.45, 2.75) is 13.0 Å². The Bertz CT molecular complexity index is 695. The predicted octanol–water partition coefficient (Wildman–Crippen LogP) is 2.89. The van der Waals surface area contributed by atoms with Crippen LogP contribution in [0.1, 0.15) is 6.42 Å². The fraction of sp³-hybridized carbons (Fsp3) is 0.333. The monoisotopic (exact) mass is 320 g/mol. The van der Waals surface area contributed by atoms with Crippen LogP contribution in [0.5, 0.6) is 0 Å². The molecular formula is C12H14Cl2N2O2S. The lowest BCUT2D eigenvalue weighted by atomic mass is 10.2. The minimum Gasteiger partial charge on any atom is -0.330 e. The lowest BCUT2D eigenvalue weighted by Crippen LogP contribution is -2.23. The van der Waals surface area contributed by atoms with E-state index in [0.717, 1.165) is 17.2 Å². The Morgan fingerprint density at radius 2 is 1.95 bits per heavy atom. The quantitative estimate of drug-likeness (QED) is 0.861. The number of nitrogens with zero attached hydrogens (tertiary/aromatic N) is 1. The molecule has 0 aliphatic heterocycles. The lowest BCUT2D eigenvalue weighted by molar-refractivity contribution is 0.578. The van der Waals surface area contributed by atoms with E-state index in [-0.39, 0.29) is 0 Å². The van der Waals surface area contributed by atoms with Crippen molar-refractivity contribution in [3.63, 3.8) is 0 Å². The number of sulfonamides is 1. The van der Waals surface area contributed by atoms with Gasteiger partial charge in [0, 0.05) is 18.5 Å². The van der Waals surface area contributed by atoms with Crippen LogP contribution in [0.2, 0.25) is 10.2 Å². The Morgan fingerprint density at radius 3 is 2.63 bits per heavy atom. The van der Waals surface area contributed by atoms with Gasteiger partial charge in [-0.1, -0.05) is 41.4 Å². The van der Waals surface area contributed by atoms with Gasteiger partial charge in [-0.15, -0.1) is 0 Å². The number of fused-ring (bicyclic) bond motifs is 1. The van der Waals surface area contributed by atoms with E-state index in [2.05, 4.69) is 4.72 Å². The van der Waals surface area contributed by atoms with Gasteiger partial charge in [0.25, 0.3) is 0 Å². The molecule has 0 aliphatic rings. The molecule has 0 aliphatic carbocycles. The van der Waals surface area contributed by atoms with Gasteiger partial charge in [-0.05, 0) is 12.5 Å². The highest BCUT2D eigenvalue weighted by molar-refractivity contribution is 7.88. The zero-order valence-electron chi connectivity index (χ0n) is 10.4. The van der Waals surface area contributed by atoms with Crippen LogP contribution in [0, 0.1) is 0 Å². The van der Waals surface area contributed by atoms with Crippen LogP contribution in [0.15, 0.2) is 24.3 Å². The summed E-state index contributed by atoms with van der Waals surface area (Å²) < 4.78 is 26.3. The highest BCUT2D eigenvalue weighted by atomic mass is 35.5. The Hall–Kier alpha value is -0.750. The van der Waals surface area contributed by atoms with Gasteiger partial charge in [0.15, 0.2) is 0 Å². The van der Waals surface area contributed by atoms with Crippen molar-refractivity contribution in [3.05, 3.63) is 34.4 Å². The van der Waals surface area contributed by atoms with E-state index in [1.54, 1.807) is 0 Å². The third-order valence-corrected chi connectivity index (χ3v) is 4.37. The summed E-state index contributed by atoms with van der Waals surface area (Å²) in [5, 5.41) is 1.93. The van der Waals surface area contributed by atoms with Gasteiger partial charge >= 0.3 is 0 Å². The largest absolute Gasteiger partial charge is 0.330 e. The molecule has 104 valence electrons. The first-order valence-electron chi connectivity index (χ1n) is 5.77. The molecule has 0 unspecified atom stereocenters. The minimum absolute atomic E-state index is 0.374. The summed E-state index contributed by atoms with van der Waals surface area (Å²) in [6, 6.07) is 7.67. The van der Waals surface area contributed by atoms with Crippen molar-refractivity contribution in [1.82, 2.24) is 9.29 Å². The van der Waals surface area contributed by atoms with Crippen molar-refractivity contribution in [1.29, 1.82) is 0 Å². The van der Waals surface area contributed by atoms with Crippen molar-refractivity contribution in [2.75, 3.05) is 12.8 Å². The van der Waals surface area contributed by atoms with Gasteiger partial charge in [-0.2, -0.15) is 0 Å². The number of halogens is 2. The number of para-hydroxylation sites is 1. The van der Waals surface area contributed by atoms with Crippen molar-refractivity contribution in [2.24, 2.45) is 0 Å². The predicted molar refractivity (Wildman–Crippen MR) is 79.4 cm³/mol. The molecule has 7 heteroatoms. The molecule has 1 aromatic heterocycles. The molecule has 19 heavy (non-hydrogen) atoms. The molecule has 0 radical (unpaired) electrons. The molecular weight excluding hydrogens is 307 g/mol. The zero-order chi connectivity index (χ0) is 14.0. The molecule has 0 saturated heterocycles. The Morgan fingerprint density at radius 1 is 1.26 bits per heavy atom. The number of benzene rings is 1. The molecule has 0 bridgehead atoms. The molecule has 2 aromatic rings. The molecule has 0 saturated carbocycles. The van der Waals surface area contributed by atoms with Gasteiger partial charge < -0.3 is 4.57 Å². The fourth-order valence-corrected chi connectivity index (χ4v) is 3.00. The van der Waals surface area contributed by atoms with E-state index in [9.17, 15) is 8.42 Å². The Labute approximate surface area is 122 Å². The van der Waals surface area contributed by atoms with Gasteiger partial charge in [0.2, 0.25) is 10.0 Å². The first kappa shape index (κ1) is 14.7. The number of aryl methyl sites for hydroxylation is 1.